The van der Waals surface area contributed by atoms with E-state index in [1.54, 1.807) is 24.3 Å². The smallest absolute Gasteiger partial charge is 0.320 e. The highest BCUT2D eigenvalue weighted by Crippen LogP contribution is 2.32. The van der Waals surface area contributed by atoms with Gasteiger partial charge in [-0.1, -0.05) is 12.2 Å². The zero-order valence-corrected chi connectivity index (χ0v) is 20.1. The van der Waals surface area contributed by atoms with E-state index >= 15 is 0 Å². The first-order chi connectivity index (χ1) is 18.2. The van der Waals surface area contributed by atoms with Crippen molar-refractivity contribution in [1.29, 1.82) is 0 Å². The van der Waals surface area contributed by atoms with Crippen molar-refractivity contribution < 1.29 is 29.8 Å². The van der Waals surface area contributed by atoms with Crippen LogP contribution in [0.5, 0.6) is 0 Å². The first kappa shape index (κ1) is 27.0. The average Bonchev–Trinajstić information content (AvgIpc) is 3.44. The van der Waals surface area contributed by atoms with Crippen LogP contribution < -0.4 is 11.5 Å². The van der Waals surface area contributed by atoms with Gasteiger partial charge in [0.15, 0.2) is 17.7 Å². The SMILES string of the molecule is Nc1ncnc2c1ncn2[C@@H]1O[C@H](CN(C/C=C/c2ccc([N+](=O)[O-])cc2)CC[C@H](N)C(=O)O)[C@@H](O)[C@H]1O. The van der Waals surface area contributed by atoms with E-state index in [2.05, 4.69) is 15.0 Å². The first-order valence-electron chi connectivity index (χ1n) is 11.7. The van der Waals surface area contributed by atoms with Crippen LogP contribution in [-0.2, 0) is 9.53 Å². The summed E-state index contributed by atoms with van der Waals surface area (Å²) in [5.41, 5.74) is 12.9. The van der Waals surface area contributed by atoms with Gasteiger partial charge in [0, 0.05) is 31.8 Å². The van der Waals surface area contributed by atoms with Crippen molar-refractivity contribution in [3.63, 3.8) is 0 Å². The summed E-state index contributed by atoms with van der Waals surface area (Å²) in [5.74, 6) is -0.966. The maximum absolute atomic E-state index is 11.2. The van der Waals surface area contributed by atoms with Crippen molar-refractivity contribution in [2.45, 2.75) is 37.0 Å². The number of hydrogen-bond acceptors (Lipinski definition) is 12. The molecule has 38 heavy (non-hydrogen) atoms. The highest BCUT2D eigenvalue weighted by atomic mass is 16.6. The Hall–Kier alpha value is -4.02. The second-order valence-electron chi connectivity index (χ2n) is 8.87. The molecule has 1 aliphatic heterocycles. The van der Waals surface area contributed by atoms with E-state index in [0.717, 1.165) is 5.56 Å². The molecule has 0 saturated carbocycles. The third-order valence-corrected chi connectivity index (χ3v) is 6.29. The summed E-state index contributed by atoms with van der Waals surface area (Å²) in [6.45, 7) is 0.743. The van der Waals surface area contributed by atoms with E-state index in [-0.39, 0.29) is 31.0 Å². The lowest BCUT2D eigenvalue weighted by Crippen LogP contribution is -2.42. The number of carboxylic acids is 1. The number of aliphatic hydroxyl groups excluding tert-OH is 2. The van der Waals surface area contributed by atoms with E-state index < -0.39 is 41.5 Å². The van der Waals surface area contributed by atoms with Crippen LogP contribution in [-0.4, -0.2) is 94.6 Å². The summed E-state index contributed by atoms with van der Waals surface area (Å²) in [4.78, 5) is 35.6. The summed E-state index contributed by atoms with van der Waals surface area (Å²) in [6, 6.07) is 4.93. The Morgan fingerprint density at radius 2 is 1.97 bits per heavy atom. The molecule has 0 radical (unpaired) electrons. The van der Waals surface area contributed by atoms with Crippen molar-refractivity contribution in [2.75, 3.05) is 25.4 Å². The fourth-order valence-electron chi connectivity index (χ4n) is 4.17. The lowest BCUT2D eigenvalue weighted by molar-refractivity contribution is -0.384. The number of aliphatic hydroxyl groups is 2. The van der Waals surface area contributed by atoms with E-state index in [1.807, 2.05) is 4.90 Å². The summed E-state index contributed by atoms with van der Waals surface area (Å²) in [6.07, 6.45) is 1.97. The highest BCUT2D eigenvalue weighted by Gasteiger charge is 2.44. The fourth-order valence-corrected chi connectivity index (χ4v) is 4.17. The number of benzene rings is 1. The number of nitro groups is 1. The number of imidazole rings is 1. The molecule has 1 aromatic carbocycles. The van der Waals surface area contributed by atoms with Crippen molar-refractivity contribution in [3.05, 3.63) is 58.7 Å². The van der Waals surface area contributed by atoms with Crippen LogP contribution in [0.4, 0.5) is 11.5 Å². The molecule has 3 heterocycles. The quantitative estimate of drug-likeness (QED) is 0.160. The standard InChI is InChI=1S/C23H28N8O7/c24-15(23(34)35)7-9-29(8-1-2-13-3-5-14(6-4-13)31(36)37)10-16-18(32)19(33)22(38-16)30-12-28-17-20(25)26-11-27-21(17)30/h1-6,11-12,15-16,18-19,22,32-33H,7-10,24H2,(H,34,35)(H2,25,26,27)/b2-1+/t15-,16+,18+,19+,22+/m0/s1. The molecule has 2 aromatic heterocycles. The van der Waals surface area contributed by atoms with Gasteiger partial charge >= 0.3 is 5.97 Å². The molecule has 1 fully saturated rings. The molecule has 0 bridgehead atoms. The number of nitrogens with zero attached hydrogens (tertiary/aromatic N) is 6. The van der Waals surface area contributed by atoms with Gasteiger partial charge in [0.05, 0.1) is 11.3 Å². The minimum Gasteiger partial charge on any atom is -0.480 e. The van der Waals surface area contributed by atoms with Gasteiger partial charge < -0.3 is 31.5 Å². The van der Waals surface area contributed by atoms with Gasteiger partial charge in [-0.05, 0) is 24.1 Å². The van der Waals surface area contributed by atoms with Crippen molar-refractivity contribution in [1.82, 2.24) is 24.4 Å². The number of nitrogen functional groups attached to an aromatic ring is 1. The molecule has 4 rings (SSSR count). The van der Waals surface area contributed by atoms with Crippen LogP contribution in [0.15, 0.2) is 43.0 Å². The maximum atomic E-state index is 11.2. The van der Waals surface area contributed by atoms with Gasteiger partial charge in [-0.3, -0.25) is 24.4 Å². The lowest BCUT2D eigenvalue weighted by Gasteiger charge is -2.26. The Morgan fingerprint density at radius 3 is 2.66 bits per heavy atom. The molecule has 7 N–H and O–H groups in total. The maximum Gasteiger partial charge on any atom is 0.320 e. The van der Waals surface area contributed by atoms with Crippen molar-refractivity contribution in [2.24, 2.45) is 5.73 Å². The van der Waals surface area contributed by atoms with E-state index in [9.17, 15) is 25.1 Å². The monoisotopic (exact) mass is 528 g/mol. The number of anilines is 1. The largest absolute Gasteiger partial charge is 0.480 e. The molecule has 0 unspecified atom stereocenters. The number of carbonyl (C=O) groups is 1. The Bertz CT molecular complexity index is 1310. The summed E-state index contributed by atoms with van der Waals surface area (Å²) in [5, 5.41) is 41.5. The van der Waals surface area contributed by atoms with E-state index in [0.29, 0.717) is 17.7 Å². The van der Waals surface area contributed by atoms with Gasteiger partial charge in [-0.2, -0.15) is 0 Å². The van der Waals surface area contributed by atoms with Gasteiger partial charge in [0.1, 0.15) is 36.2 Å². The number of nitro benzene ring substituents is 1. The fraction of sp³-hybridized carbons (Fsp3) is 0.391. The highest BCUT2D eigenvalue weighted by molar-refractivity contribution is 5.81. The van der Waals surface area contributed by atoms with Crippen LogP contribution in [0.25, 0.3) is 17.2 Å². The number of hydrogen-bond donors (Lipinski definition) is 5. The number of rotatable bonds is 11. The number of fused-ring (bicyclic) bond motifs is 1. The molecule has 0 spiro atoms. The minimum atomic E-state index is -1.30. The Kier molecular flexibility index (Phi) is 8.23. The third-order valence-electron chi connectivity index (χ3n) is 6.29. The number of aliphatic carboxylic acids is 1. The van der Waals surface area contributed by atoms with Crippen molar-refractivity contribution >= 4 is 34.7 Å². The molecule has 1 saturated heterocycles. The van der Waals surface area contributed by atoms with E-state index in [1.165, 1.54) is 29.4 Å². The molecule has 0 aliphatic carbocycles. The van der Waals surface area contributed by atoms with Gasteiger partial charge in [0.25, 0.3) is 5.69 Å². The zero-order chi connectivity index (χ0) is 27.4. The second-order valence-corrected chi connectivity index (χ2v) is 8.87. The summed E-state index contributed by atoms with van der Waals surface area (Å²) >= 11 is 0. The van der Waals surface area contributed by atoms with Crippen LogP contribution in [0.3, 0.4) is 0 Å². The first-order valence-corrected chi connectivity index (χ1v) is 11.7. The molecular formula is C23H28N8O7. The topological polar surface area (TPSA) is 229 Å². The molecule has 15 nitrogen and oxygen atoms in total. The average molecular weight is 529 g/mol. The van der Waals surface area contributed by atoms with Gasteiger partial charge in [0.2, 0.25) is 0 Å². The molecule has 5 atom stereocenters. The number of ether oxygens (including phenoxy) is 1. The van der Waals surface area contributed by atoms with Crippen LogP contribution in [0.2, 0.25) is 0 Å². The van der Waals surface area contributed by atoms with Gasteiger partial charge in [-0.25, -0.2) is 15.0 Å². The minimum absolute atomic E-state index is 0.0215. The van der Waals surface area contributed by atoms with Gasteiger partial charge in [-0.15, -0.1) is 0 Å². The molecule has 202 valence electrons. The summed E-state index contributed by atoms with van der Waals surface area (Å²) in [7, 11) is 0. The molecular weight excluding hydrogens is 500 g/mol. The predicted molar refractivity (Wildman–Crippen MR) is 134 cm³/mol. The number of nitrogens with two attached hydrogens (primary N) is 2. The Labute approximate surface area is 216 Å². The van der Waals surface area contributed by atoms with Crippen molar-refractivity contribution in [3.8, 4) is 0 Å². The molecule has 3 aromatic rings. The van der Waals surface area contributed by atoms with Crippen LogP contribution >= 0.6 is 0 Å². The second kappa shape index (κ2) is 11.6. The van der Waals surface area contributed by atoms with Crippen LogP contribution in [0, 0.1) is 10.1 Å². The third kappa shape index (κ3) is 5.92. The Morgan fingerprint density at radius 1 is 1.24 bits per heavy atom. The molecule has 15 heteroatoms. The number of non-ortho nitro benzene ring substituents is 1. The number of carboxylic acid groups (broad SMARTS) is 1. The molecule has 0 amide bonds. The van der Waals surface area contributed by atoms with E-state index in [4.69, 9.17) is 21.3 Å². The lowest BCUT2D eigenvalue weighted by atomic mass is 10.1. The van der Waals surface area contributed by atoms with Crippen LogP contribution in [0.1, 0.15) is 18.2 Å². The Balaban J connectivity index is 1.47. The molecule has 1 aliphatic rings. The number of aromatic nitrogens is 4. The zero-order valence-electron chi connectivity index (χ0n) is 20.1. The normalized spacial score (nSPS) is 22.4. The summed E-state index contributed by atoms with van der Waals surface area (Å²) < 4.78 is 7.48. The predicted octanol–water partition coefficient (Wildman–Crippen LogP) is -0.247.